The molecule has 2 rings (SSSR count). The fraction of sp³-hybridized carbons (Fsp3) is 0.250. The van der Waals surface area contributed by atoms with Gasteiger partial charge in [0.2, 0.25) is 5.91 Å². The van der Waals surface area contributed by atoms with Crippen LogP contribution in [0, 0.1) is 0 Å². The van der Waals surface area contributed by atoms with Crippen molar-refractivity contribution in [1.29, 1.82) is 0 Å². The molecule has 2 aromatic rings. The zero-order valence-corrected chi connectivity index (χ0v) is 12.2. The molecule has 0 aromatic carbocycles. The maximum absolute atomic E-state index is 11.6. The minimum Gasteiger partial charge on any atom is -0.469 e. The Hall–Kier alpha value is -1.86. The second-order valence-electron chi connectivity index (χ2n) is 3.79. The van der Waals surface area contributed by atoms with Crippen molar-refractivity contribution in [3.05, 3.63) is 28.5 Å². The molecular formula is C12H12ClN3O3S. The zero-order chi connectivity index (χ0) is 14.5. The lowest BCUT2D eigenvalue weighted by Crippen LogP contribution is -2.24. The van der Waals surface area contributed by atoms with Gasteiger partial charge in [-0.15, -0.1) is 11.3 Å². The monoisotopic (exact) mass is 313 g/mol. The number of imidazole rings is 1. The molecule has 0 radical (unpaired) electrons. The number of esters is 1. The van der Waals surface area contributed by atoms with Crippen LogP contribution >= 0.6 is 22.9 Å². The molecule has 0 aliphatic heterocycles. The number of carbonyl (C=O) groups is 2. The highest BCUT2D eigenvalue weighted by atomic mass is 35.5. The minimum atomic E-state index is -0.368. The van der Waals surface area contributed by atoms with Gasteiger partial charge in [-0.1, -0.05) is 11.6 Å². The van der Waals surface area contributed by atoms with Gasteiger partial charge >= 0.3 is 5.97 Å². The van der Waals surface area contributed by atoms with Crippen molar-refractivity contribution < 1.29 is 14.3 Å². The number of methoxy groups -OCH3 is 1. The third-order valence-electron chi connectivity index (χ3n) is 2.50. The molecule has 20 heavy (non-hydrogen) atoms. The Morgan fingerprint density at radius 1 is 1.60 bits per heavy atom. The maximum atomic E-state index is 11.6. The Kier molecular flexibility index (Phi) is 4.75. The van der Waals surface area contributed by atoms with E-state index in [1.165, 1.54) is 24.5 Å². The maximum Gasteiger partial charge on any atom is 0.307 e. The molecule has 0 spiro atoms. The van der Waals surface area contributed by atoms with Crippen molar-refractivity contribution >= 4 is 45.9 Å². The molecule has 0 saturated heterocycles. The first-order valence-electron chi connectivity index (χ1n) is 5.75. The van der Waals surface area contributed by atoms with Crippen LogP contribution in [0.2, 0.25) is 5.15 Å². The van der Waals surface area contributed by atoms with Crippen LogP contribution in [0.5, 0.6) is 0 Å². The van der Waals surface area contributed by atoms with E-state index >= 15 is 0 Å². The highest BCUT2D eigenvalue weighted by Gasteiger charge is 2.08. The number of ether oxygens (including phenoxy) is 1. The van der Waals surface area contributed by atoms with Crippen molar-refractivity contribution in [1.82, 2.24) is 14.7 Å². The summed E-state index contributed by atoms with van der Waals surface area (Å²) >= 11 is 7.45. The Morgan fingerprint density at radius 2 is 2.40 bits per heavy atom. The van der Waals surface area contributed by atoms with Crippen molar-refractivity contribution in [3.63, 3.8) is 0 Å². The predicted molar refractivity (Wildman–Crippen MR) is 76.8 cm³/mol. The largest absolute Gasteiger partial charge is 0.469 e. The van der Waals surface area contributed by atoms with Crippen LogP contribution in [0.25, 0.3) is 11.0 Å². The number of amides is 1. The number of nitrogens with zero attached hydrogens (tertiary/aromatic N) is 2. The summed E-state index contributed by atoms with van der Waals surface area (Å²) in [5.74, 6) is -0.678. The normalized spacial score (nSPS) is 11.1. The number of hydrogen-bond acceptors (Lipinski definition) is 5. The first kappa shape index (κ1) is 14.5. The first-order valence-corrected chi connectivity index (χ1v) is 7.01. The Balaban J connectivity index is 1.95. The van der Waals surface area contributed by atoms with E-state index in [2.05, 4.69) is 15.0 Å². The second kappa shape index (κ2) is 6.53. The molecule has 2 aromatic heterocycles. The van der Waals surface area contributed by atoms with E-state index in [-0.39, 0.29) is 24.8 Å². The second-order valence-corrected chi connectivity index (χ2v) is 5.02. The van der Waals surface area contributed by atoms with E-state index in [0.29, 0.717) is 10.8 Å². The number of aromatic nitrogens is 2. The third-order valence-corrected chi connectivity index (χ3v) is 3.54. The van der Waals surface area contributed by atoms with Crippen LogP contribution in [0.1, 0.15) is 12.1 Å². The number of hydrogen-bond donors (Lipinski definition) is 1. The highest BCUT2D eigenvalue weighted by molar-refractivity contribution is 7.15. The molecule has 0 unspecified atom stereocenters. The molecule has 0 aliphatic rings. The van der Waals surface area contributed by atoms with Crippen molar-refractivity contribution in [2.45, 2.75) is 6.42 Å². The number of nitrogens with one attached hydrogen (secondary N) is 1. The van der Waals surface area contributed by atoms with Crippen LogP contribution in [0.15, 0.2) is 17.7 Å². The summed E-state index contributed by atoms with van der Waals surface area (Å²) in [5.41, 5.74) is 0.644. The molecule has 1 amide bonds. The highest BCUT2D eigenvalue weighted by Crippen LogP contribution is 2.22. The first-order chi connectivity index (χ1) is 9.61. The fourth-order valence-electron chi connectivity index (χ4n) is 1.53. The van der Waals surface area contributed by atoms with Crippen molar-refractivity contribution in [3.8, 4) is 0 Å². The molecule has 0 atom stereocenters. The lowest BCUT2D eigenvalue weighted by atomic mass is 10.3. The van der Waals surface area contributed by atoms with Gasteiger partial charge in [-0.25, -0.2) is 4.98 Å². The molecule has 0 saturated carbocycles. The predicted octanol–water partition coefficient (Wildman–Crippen LogP) is 1.74. The van der Waals surface area contributed by atoms with Crippen LogP contribution in [-0.4, -0.2) is 34.9 Å². The van der Waals surface area contributed by atoms with Crippen molar-refractivity contribution in [2.75, 3.05) is 13.7 Å². The van der Waals surface area contributed by atoms with Crippen LogP contribution in [0.4, 0.5) is 0 Å². The van der Waals surface area contributed by atoms with Gasteiger partial charge < -0.3 is 10.1 Å². The smallest absolute Gasteiger partial charge is 0.307 e. The van der Waals surface area contributed by atoms with Gasteiger partial charge in [-0.05, 0) is 6.08 Å². The lowest BCUT2D eigenvalue weighted by molar-refractivity contribution is -0.140. The molecule has 2 heterocycles. The lowest BCUT2D eigenvalue weighted by Gasteiger charge is -2.00. The topological polar surface area (TPSA) is 72.7 Å². The average Bonchev–Trinajstić information content (AvgIpc) is 2.97. The minimum absolute atomic E-state index is 0.137. The van der Waals surface area contributed by atoms with E-state index in [4.69, 9.17) is 11.6 Å². The zero-order valence-electron chi connectivity index (χ0n) is 10.6. The van der Waals surface area contributed by atoms with Gasteiger partial charge in [-0.3, -0.25) is 14.0 Å². The molecule has 1 N–H and O–H groups in total. The third kappa shape index (κ3) is 3.37. The average molecular weight is 314 g/mol. The van der Waals surface area contributed by atoms with E-state index < -0.39 is 0 Å². The molecule has 0 aliphatic carbocycles. The molecule has 0 bridgehead atoms. The van der Waals surface area contributed by atoms with Gasteiger partial charge in [0.15, 0.2) is 10.1 Å². The van der Waals surface area contributed by atoms with Crippen LogP contribution in [-0.2, 0) is 14.3 Å². The van der Waals surface area contributed by atoms with Crippen LogP contribution < -0.4 is 5.32 Å². The van der Waals surface area contributed by atoms with E-state index in [1.807, 2.05) is 11.6 Å². The summed E-state index contributed by atoms with van der Waals surface area (Å²) in [6.45, 7) is 0.226. The number of halogens is 1. The number of thiazole rings is 1. The fourth-order valence-corrected chi connectivity index (χ4v) is 2.53. The summed E-state index contributed by atoms with van der Waals surface area (Å²) in [6.07, 6.45) is 4.90. The molecular weight excluding hydrogens is 302 g/mol. The number of carbonyl (C=O) groups excluding carboxylic acids is 2. The molecule has 6 nitrogen and oxygen atoms in total. The van der Waals surface area contributed by atoms with Gasteiger partial charge in [-0.2, -0.15) is 0 Å². The van der Waals surface area contributed by atoms with Gasteiger partial charge in [0.1, 0.15) is 0 Å². The van der Waals surface area contributed by atoms with Crippen molar-refractivity contribution in [2.24, 2.45) is 0 Å². The van der Waals surface area contributed by atoms with Gasteiger partial charge in [0.05, 0.1) is 19.2 Å². The Bertz CT molecular complexity index is 662. The molecule has 0 fully saturated rings. The Labute approximate surface area is 124 Å². The van der Waals surface area contributed by atoms with E-state index in [9.17, 15) is 9.59 Å². The molecule has 8 heteroatoms. The number of rotatable bonds is 5. The van der Waals surface area contributed by atoms with E-state index in [1.54, 1.807) is 10.5 Å². The summed E-state index contributed by atoms with van der Waals surface area (Å²) in [6, 6.07) is 0. The molecule has 106 valence electrons. The SMILES string of the molecule is COC(=O)CCNC(=O)C=Cc1c(Cl)nc2sccn12. The summed E-state index contributed by atoms with van der Waals surface area (Å²) in [4.78, 5) is 27.4. The standard InChI is InChI=1S/C12H12ClN3O3S/c1-19-10(18)4-5-14-9(17)3-2-8-11(13)15-12-16(8)6-7-20-12/h2-3,6-7H,4-5H2,1H3,(H,14,17). The van der Waals surface area contributed by atoms with Gasteiger partial charge in [0, 0.05) is 24.2 Å². The quantitative estimate of drug-likeness (QED) is 0.674. The van der Waals surface area contributed by atoms with Gasteiger partial charge in [0.25, 0.3) is 0 Å². The number of fused-ring (bicyclic) bond motifs is 1. The van der Waals surface area contributed by atoms with E-state index in [0.717, 1.165) is 4.96 Å². The summed E-state index contributed by atoms with van der Waals surface area (Å²) < 4.78 is 6.27. The summed E-state index contributed by atoms with van der Waals surface area (Å²) in [7, 11) is 1.30. The summed E-state index contributed by atoms with van der Waals surface area (Å²) in [5, 5.41) is 4.80. The Morgan fingerprint density at radius 3 is 3.15 bits per heavy atom. The van der Waals surface area contributed by atoms with Crippen LogP contribution in [0.3, 0.4) is 0 Å².